The van der Waals surface area contributed by atoms with E-state index in [1.54, 1.807) is 6.92 Å². The van der Waals surface area contributed by atoms with E-state index in [0.29, 0.717) is 6.61 Å². The van der Waals surface area contributed by atoms with Crippen LogP contribution in [0, 0.1) is 5.92 Å². The van der Waals surface area contributed by atoms with Crippen LogP contribution < -0.4 is 11.1 Å². The summed E-state index contributed by atoms with van der Waals surface area (Å²) in [5.74, 6) is -0.930. The number of esters is 1. The van der Waals surface area contributed by atoms with Gasteiger partial charge >= 0.3 is 12.0 Å². The second-order valence-corrected chi connectivity index (χ2v) is 5.11. The normalized spacial score (nSPS) is 26.9. The maximum atomic E-state index is 11.9. The molecule has 0 radical (unpaired) electrons. The Balaban J connectivity index is 2.70. The third-order valence-corrected chi connectivity index (χ3v) is 3.75. The highest BCUT2D eigenvalue weighted by Crippen LogP contribution is 2.28. The number of nitrogens with zero attached hydrogens (tertiary/aromatic N) is 1. The van der Waals surface area contributed by atoms with Crippen LogP contribution in [0.1, 0.15) is 33.6 Å². The standard InChI is InChI=1S/C13H23N3O4/c1-4-20-12(18)10-6-5-8(2)16(9(10)3)7-11(17)15-13(14)19/h8-10H,4-7H2,1-3H3,(H3,14,15,17,19)/t8-,9+,10+/m0/s1. The van der Waals surface area contributed by atoms with E-state index in [1.165, 1.54) is 0 Å². The Morgan fingerprint density at radius 3 is 2.50 bits per heavy atom. The molecule has 0 saturated carbocycles. The minimum Gasteiger partial charge on any atom is -0.466 e. The molecule has 0 aromatic heterocycles. The van der Waals surface area contributed by atoms with Crippen molar-refractivity contribution in [2.45, 2.75) is 45.7 Å². The van der Waals surface area contributed by atoms with Gasteiger partial charge in [0.25, 0.3) is 0 Å². The van der Waals surface area contributed by atoms with Crippen LogP contribution in [-0.2, 0) is 14.3 Å². The van der Waals surface area contributed by atoms with Gasteiger partial charge in [-0.3, -0.25) is 19.8 Å². The number of hydrogen-bond acceptors (Lipinski definition) is 5. The highest BCUT2D eigenvalue weighted by molar-refractivity contribution is 5.94. The molecule has 0 aromatic rings. The fourth-order valence-electron chi connectivity index (χ4n) is 2.67. The average molecular weight is 285 g/mol. The van der Waals surface area contributed by atoms with Gasteiger partial charge in [0.2, 0.25) is 5.91 Å². The quantitative estimate of drug-likeness (QED) is 0.720. The summed E-state index contributed by atoms with van der Waals surface area (Å²) < 4.78 is 5.06. The zero-order chi connectivity index (χ0) is 15.3. The molecule has 0 aromatic carbocycles. The Labute approximate surface area is 118 Å². The molecule has 7 heteroatoms. The number of primary amides is 1. The van der Waals surface area contributed by atoms with Gasteiger partial charge < -0.3 is 10.5 Å². The van der Waals surface area contributed by atoms with E-state index in [9.17, 15) is 14.4 Å². The summed E-state index contributed by atoms with van der Waals surface area (Å²) in [7, 11) is 0. The Hall–Kier alpha value is -1.63. The van der Waals surface area contributed by atoms with Gasteiger partial charge in [-0.2, -0.15) is 0 Å². The minimum absolute atomic E-state index is 0.0428. The molecule has 1 heterocycles. The summed E-state index contributed by atoms with van der Waals surface area (Å²) >= 11 is 0. The number of imide groups is 1. The SMILES string of the molecule is CCOC(=O)[C@@H]1CC[C@H](C)N(CC(=O)NC(N)=O)[C@@H]1C. The highest BCUT2D eigenvalue weighted by atomic mass is 16.5. The maximum Gasteiger partial charge on any atom is 0.318 e. The molecule has 1 saturated heterocycles. The molecule has 3 amide bonds. The fourth-order valence-corrected chi connectivity index (χ4v) is 2.67. The first kappa shape index (κ1) is 16.4. The highest BCUT2D eigenvalue weighted by Gasteiger charge is 2.38. The molecular formula is C13H23N3O4. The number of amides is 3. The van der Waals surface area contributed by atoms with Crippen LogP contribution >= 0.6 is 0 Å². The van der Waals surface area contributed by atoms with Gasteiger partial charge in [-0.15, -0.1) is 0 Å². The summed E-state index contributed by atoms with van der Waals surface area (Å²) in [5, 5.41) is 2.04. The molecule has 114 valence electrons. The van der Waals surface area contributed by atoms with Crippen molar-refractivity contribution in [2.75, 3.05) is 13.2 Å². The number of ether oxygens (including phenoxy) is 1. The predicted molar refractivity (Wildman–Crippen MR) is 72.7 cm³/mol. The lowest BCUT2D eigenvalue weighted by Crippen LogP contribution is -2.54. The van der Waals surface area contributed by atoms with E-state index >= 15 is 0 Å². The van der Waals surface area contributed by atoms with Gasteiger partial charge in [0.05, 0.1) is 19.1 Å². The predicted octanol–water partition coefficient (Wildman–Crippen LogP) is 0.233. The summed E-state index contributed by atoms with van der Waals surface area (Å²) in [4.78, 5) is 36.1. The molecule has 3 N–H and O–H groups in total. The minimum atomic E-state index is -0.866. The second-order valence-electron chi connectivity index (χ2n) is 5.11. The summed E-state index contributed by atoms with van der Waals surface area (Å²) in [6.07, 6.45) is 1.55. The Morgan fingerprint density at radius 1 is 1.30 bits per heavy atom. The van der Waals surface area contributed by atoms with Crippen LogP contribution in [0.2, 0.25) is 0 Å². The first-order valence-electron chi connectivity index (χ1n) is 6.88. The molecule has 0 aliphatic carbocycles. The van der Waals surface area contributed by atoms with Crippen molar-refractivity contribution >= 4 is 17.9 Å². The van der Waals surface area contributed by atoms with Crippen LogP contribution in [-0.4, -0.2) is 48.0 Å². The Morgan fingerprint density at radius 2 is 1.95 bits per heavy atom. The fraction of sp³-hybridized carbons (Fsp3) is 0.769. The van der Waals surface area contributed by atoms with Gasteiger partial charge in [-0.25, -0.2) is 4.79 Å². The van der Waals surface area contributed by atoms with Gasteiger partial charge in [0.15, 0.2) is 0 Å². The van der Waals surface area contributed by atoms with E-state index < -0.39 is 11.9 Å². The van der Waals surface area contributed by atoms with Crippen molar-refractivity contribution in [1.29, 1.82) is 0 Å². The van der Waals surface area contributed by atoms with Gasteiger partial charge in [-0.05, 0) is 33.6 Å². The largest absolute Gasteiger partial charge is 0.466 e. The number of carbonyl (C=O) groups is 3. The van der Waals surface area contributed by atoms with E-state index in [0.717, 1.165) is 12.8 Å². The number of likely N-dealkylation sites (tertiary alicyclic amines) is 1. The summed E-state index contributed by atoms with van der Waals surface area (Å²) in [5.41, 5.74) is 4.92. The van der Waals surface area contributed by atoms with Crippen molar-refractivity contribution < 1.29 is 19.1 Å². The molecule has 0 unspecified atom stereocenters. The molecule has 3 atom stereocenters. The van der Waals surface area contributed by atoms with Crippen molar-refractivity contribution in [2.24, 2.45) is 11.7 Å². The van der Waals surface area contributed by atoms with Crippen LogP contribution in [0.25, 0.3) is 0 Å². The van der Waals surface area contributed by atoms with Crippen molar-refractivity contribution in [3.63, 3.8) is 0 Å². The van der Waals surface area contributed by atoms with Crippen LogP contribution in [0.3, 0.4) is 0 Å². The molecule has 1 aliphatic rings. The number of carbonyl (C=O) groups excluding carboxylic acids is 3. The lowest BCUT2D eigenvalue weighted by Gasteiger charge is -2.42. The van der Waals surface area contributed by atoms with Crippen molar-refractivity contribution in [3.8, 4) is 0 Å². The number of rotatable bonds is 4. The van der Waals surface area contributed by atoms with E-state index in [2.05, 4.69) is 0 Å². The molecule has 1 rings (SSSR count). The second kappa shape index (κ2) is 7.23. The lowest BCUT2D eigenvalue weighted by molar-refractivity contribution is -0.153. The van der Waals surface area contributed by atoms with Gasteiger partial charge in [0.1, 0.15) is 0 Å². The molecule has 1 aliphatic heterocycles. The zero-order valence-corrected chi connectivity index (χ0v) is 12.2. The van der Waals surface area contributed by atoms with Crippen LogP contribution in [0.5, 0.6) is 0 Å². The third kappa shape index (κ3) is 4.19. The lowest BCUT2D eigenvalue weighted by atomic mass is 9.86. The van der Waals surface area contributed by atoms with Gasteiger partial charge in [-0.1, -0.05) is 0 Å². The van der Waals surface area contributed by atoms with E-state index in [-0.39, 0.29) is 30.5 Å². The zero-order valence-electron chi connectivity index (χ0n) is 12.2. The first-order chi connectivity index (χ1) is 9.36. The number of piperidine rings is 1. The first-order valence-corrected chi connectivity index (χ1v) is 6.88. The smallest absolute Gasteiger partial charge is 0.318 e. The summed E-state index contributed by atoms with van der Waals surface area (Å²) in [6.45, 7) is 6.05. The van der Waals surface area contributed by atoms with Gasteiger partial charge in [0, 0.05) is 12.1 Å². The molecule has 0 bridgehead atoms. The topological polar surface area (TPSA) is 102 Å². The third-order valence-electron chi connectivity index (χ3n) is 3.75. The Kier molecular flexibility index (Phi) is 5.94. The molecule has 0 spiro atoms. The number of nitrogens with two attached hydrogens (primary N) is 1. The number of hydrogen-bond donors (Lipinski definition) is 2. The monoisotopic (exact) mass is 285 g/mol. The number of nitrogens with one attached hydrogen (secondary N) is 1. The molecule has 1 fully saturated rings. The molecular weight excluding hydrogens is 262 g/mol. The Bertz CT molecular complexity index is 386. The van der Waals surface area contributed by atoms with Crippen LogP contribution in [0.4, 0.5) is 4.79 Å². The van der Waals surface area contributed by atoms with Crippen molar-refractivity contribution in [3.05, 3.63) is 0 Å². The van der Waals surface area contributed by atoms with Crippen molar-refractivity contribution in [1.82, 2.24) is 10.2 Å². The number of urea groups is 1. The molecule has 20 heavy (non-hydrogen) atoms. The van der Waals surface area contributed by atoms with Crippen LogP contribution in [0.15, 0.2) is 0 Å². The van der Waals surface area contributed by atoms with E-state index in [1.807, 2.05) is 24.1 Å². The average Bonchev–Trinajstić information content (AvgIpc) is 2.33. The van der Waals surface area contributed by atoms with E-state index in [4.69, 9.17) is 10.5 Å². The molecule has 7 nitrogen and oxygen atoms in total. The maximum absolute atomic E-state index is 11.9. The summed E-state index contributed by atoms with van der Waals surface area (Å²) in [6, 6.07) is -0.819.